The van der Waals surface area contributed by atoms with E-state index in [1.54, 1.807) is 20.3 Å². The van der Waals surface area contributed by atoms with Crippen LogP contribution in [-0.4, -0.2) is 79.0 Å². The van der Waals surface area contributed by atoms with Gasteiger partial charge in [0.15, 0.2) is 5.76 Å². The molecule has 158 valence electrons. The number of aromatic nitrogens is 3. The average molecular weight is 423 g/mol. The van der Waals surface area contributed by atoms with Gasteiger partial charge in [-0.2, -0.15) is 17.0 Å². The molecule has 0 radical (unpaired) electrons. The standard InChI is InChI=1S/C18H26N6O4S/c1-13-11-16(28-21-13)14-12-19-18(20-17(14)15-5-4-10-27-15)23-6-8-24(9-7-23)29(25,26)22(2)3/h11-12,15H,4-10H2,1-3H3/t15-/m0/s1. The van der Waals surface area contributed by atoms with Gasteiger partial charge in [-0.05, 0) is 19.8 Å². The fraction of sp³-hybridized carbons (Fsp3) is 0.611. The molecule has 0 spiro atoms. The van der Waals surface area contributed by atoms with Crippen LogP contribution in [0.4, 0.5) is 5.95 Å². The SMILES string of the molecule is Cc1cc(-c2cnc(N3CCN(S(=O)(=O)N(C)C)CC3)nc2[C@@H]2CCCO2)on1. The van der Waals surface area contributed by atoms with E-state index in [2.05, 4.69) is 10.1 Å². The highest BCUT2D eigenvalue weighted by Crippen LogP contribution is 2.35. The molecule has 29 heavy (non-hydrogen) atoms. The van der Waals surface area contributed by atoms with Crippen molar-refractivity contribution < 1.29 is 17.7 Å². The zero-order valence-electron chi connectivity index (χ0n) is 16.9. The minimum Gasteiger partial charge on any atom is -0.372 e. The van der Waals surface area contributed by atoms with E-state index in [0.717, 1.165) is 29.8 Å². The molecule has 1 atom stereocenters. The van der Waals surface area contributed by atoms with Gasteiger partial charge in [0, 0.05) is 59.1 Å². The predicted octanol–water partition coefficient (Wildman–Crippen LogP) is 1.22. The van der Waals surface area contributed by atoms with Gasteiger partial charge < -0.3 is 14.2 Å². The van der Waals surface area contributed by atoms with Gasteiger partial charge in [-0.25, -0.2) is 9.97 Å². The maximum absolute atomic E-state index is 12.3. The monoisotopic (exact) mass is 422 g/mol. The van der Waals surface area contributed by atoms with Crippen molar-refractivity contribution in [2.45, 2.75) is 25.9 Å². The summed E-state index contributed by atoms with van der Waals surface area (Å²) in [5, 5.41) is 3.97. The highest BCUT2D eigenvalue weighted by atomic mass is 32.2. The molecule has 0 amide bonds. The Kier molecular flexibility index (Phi) is 5.56. The lowest BCUT2D eigenvalue weighted by Crippen LogP contribution is -2.52. The second-order valence-corrected chi connectivity index (χ2v) is 9.62. The predicted molar refractivity (Wildman–Crippen MR) is 107 cm³/mol. The Bertz CT molecular complexity index is 962. The molecule has 11 heteroatoms. The Hall–Kier alpha value is -2.08. The number of piperazine rings is 1. The highest BCUT2D eigenvalue weighted by molar-refractivity contribution is 7.86. The largest absolute Gasteiger partial charge is 0.372 e. The van der Waals surface area contributed by atoms with E-state index in [-0.39, 0.29) is 6.10 Å². The smallest absolute Gasteiger partial charge is 0.281 e. The molecule has 4 heterocycles. The third-order valence-electron chi connectivity index (χ3n) is 5.24. The summed E-state index contributed by atoms with van der Waals surface area (Å²) in [7, 11) is -0.319. The summed E-state index contributed by atoms with van der Waals surface area (Å²) in [6.07, 6.45) is 3.53. The Morgan fingerprint density at radius 3 is 2.55 bits per heavy atom. The van der Waals surface area contributed by atoms with Crippen LogP contribution in [0.15, 0.2) is 16.8 Å². The van der Waals surface area contributed by atoms with Crippen molar-refractivity contribution in [1.29, 1.82) is 0 Å². The van der Waals surface area contributed by atoms with Crippen LogP contribution in [0.5, 0.6) is 0 Å². The number of hydrogen-bond donors (Lipinski definition) is 0. The quantitative estimate of drug-likeness (QED) is 0.708. The molecule has 0 bridgehead atoms. The number of rotatable bonds is 5. The lowest BCUT2D eigenvalue weighted by atomic mass is 10.1. The third kappa shape index (κ3) is 4.00. The number of nitrogens with zero attached hydrogens (tertiary/aromatic N) is 6. The fourth-order valence-corrected chi connectivity index (χ4v) is 4.69. The summed E-state index contributed by atoms with van der Waals surface area (Å²) < 4.78 is 38.7. The second-order valence-electron chi connectivity index (χ2n) is 7.48. The Labute approximate surface area is 170 Å². The normalized spacial score (nSPS) is 21.2. The number of anilines is 1. The van der Waals surface area contributed by atoms with Crippen LogP contribution in [0.2, 0.25) is 0 Å². The van der Waals surface area contributed by atoms with E-state index in [9.17, 15) is 8.42 Å². The fourth-order valence-electron chi connectivity index (χ4n) is 3.61. The van der Waals surface area contributed by atoms with E-state index in [4.69, 9.17) is 14.2 Å². The van der Waals surface area contributed by atoms with Gasteiger partial charge >= 0.3 is 0 Å². The molecule has 2 aliphatic rings. The minimum absolute atomic E-state index is 0.104. The first-order valence-electron chi connectivity index (χ1n) is 9.71. The topological polar surface area (TPSA) is 105 Å². The van der Waals surface area contributed by atoms with E-state index in [1.807, 2.05) is 17.9 Å². The van der Waals surface area contributed by atoms with Gasteiger partial charge in [0.1, 0.15) is 6.10 Å². The molecule has 2 fully saturated rings. The van der Waals surface area contributed by atoms with Crippen molar-refractivity contribution in [3.8, 4) is 11.3 Å². The van der Waals surface area contributed by atoms with Crippen molar-refractivity contribution >= 4 is 16.2 Å². The third-order valence-corrected chi connectivity index (χ3v) is 7.18. The van der Waals surface area contributed by atoms with Crippen molar-refractivity contribution in [3.63, 3.8) is 0 Å². The maximum atomic E-state index is 12.3. The Morgan fingerprint density at radius 1 is 1.21 bits per heavy atom. The summed E-state index contributed by atoms with van der Waals surface area (Å²) in [4.78, 5) is 11.4. The molecule has 0 aliphatic carbocycles. The molecular formula is C18H26N6O4S. The second kappa shape index (κ2) is 7.98. The van der Waals surface area contributed by atoms with Crippen molar-refractivity contribution in [2.75, 3.05) is 51.8 Å². The molecule has 2 aliphatic heterocycles. The molecule has 0 aromatic carbocycles. The summed E-state index contributed by atoms with van der Waals surface area (Å²) in [5.74, 6) is 1.21. The van der Waals surface area contributed by atoms with Crippen LogP contribution in [0, 0.1) is 6.92 Å². The highest BCUT2D eigenvalue weighted by Gasteiger charge is 2.31. The molecule has 2 aromatic rings. The molecule has 4 rings (SSSR count). The summed E-state index contributed by atoms with van der Waals surface area (Å²) in [6, 6.07) is 1.86. The number of aryl methyl sites for hydroxylation is 1. The summed E-state index contributed by atoms with van der Waals surface area (Å²) in [6.45, 7) is 4.41. The van der Waals surface area contributed by atoms with Gasteiger partial charge in [0.25, 0.3) is 10.2 Å². The first kappa shape index (κ1) is 20.2. The molecule has 0 unspecified atom stereocenters. The zero-order valence-corrected chi connectivity index (χ0v) is 17.7. The lowest BCUT2D eigenvalue weighted by molar-refractivity contribution is 0.109. The van der Waals surface area contributed by atoms with Crippen LogP contribution in [0.25, 0.3) is 11.3 Å². The number of ether oxygens (including phenoxy) is 1. The molecule has 2 aromatic heterocycles. The van der Waals surface area contributed by atoms with Crippen LogP contribution < -0.4 is 4.90 Å². The van der Waals surface area contributed by atoms with Crippen molar-refractivity contribution in [2.24, 2.45) is 0 Å². The van der Waals surface area contributed by atoms with E-state index < -0.39 is 10.2 Å². The van der Waals surface area contributed by atoms with E-state index in [1.165, 1.54) is 8.61 Å². The Balaban J connectivity index is 1.58. The molecule has 0 N–H and O–H groups in total. The first-order chi connectivity index (χ1) is 13.9. The molecule has 0 saturated carbocycles. The van der Waals surface area contributed by atoms with E-state index in [0.29, 0.717) is 44.5 Å². The van der Waals surface area contributed by atoms with Gasteiger partial charge in [0.2, 0.25) is 5.95 Å². The van der Waals surface area contributed by atoms with E-state index >= 15 is 0 Å². The molecular weight excluding hydrogens is 396 g/mol. The van der Waals surface area contributed by atoms with Gasteiger partial charge in [-0.15, -0.1) is 0 Å². The summed E-state index contributed by atoms with van der Waals surface area (Å²) >= 11 is 0. The van der Waals surface area contributed by atoms with Crippen molar-refractivity contribution in [3.05, 3.63) is 23.7 Å². The van der Waals surface area contributed by atoms with Gasteiger partial charge in [-0.3, -0.25) is 0 Å². The lowest BCUT2D eigenvalue weighted by Gasteiger charge is -2.35. The summed E-state index contributed by atoms with van der Waals surface area (Å²) in [5.41, 5.74) is 2.38. The average Bonchev–Trinajstić information content (AvgIpc) is 3.39. The molecule has 2 saturated heterocycles. The van der Waals surface area contributed by atoms with Crippen LogP contribution in [0.1, 0.15) is 30.3 Å². The molecule has 10 nitrogen and oxygen atoms in total. The van der Waals surface area contributed by atoms with Crippen molar-refractivity contribution in [1.82, 2.24) is 23.7 Å². The zero-order chi connectivity index (χ0) is 20.6. The van der Waals surface area contributed by atoms with Crippen LogP contribution in [-0.2, 0) is 14.9 Å². The van der Waals surface area contributed by atoms with Crippen LogP contribution >= 0.6 is 0 Å². The number of hydrogen-bond acceptors (Lipinski definition) is 8. The van der Waals surface area contributed by atoms with Gasteiger partial charge in [-0.1, -0.05) is 5.16 Å². The first-order valence-corrected chi connectivity index (χ1v) is 11.1. The minimum atomic E-state index is -3.41. The van der Waals surface area contributed by atoms with Crippen LogP contribution in [0.3, 0.4) is 0 Å². The maximum Gasteiger partial charge on any atom is 0.281 e. The Morgan fingerprint density at radius 2 is 1.97 bits per heavy atom. The van der Waals surface area contributed by atoms with Gasteiger partial charge in [0.05, 0.1) is 17.0 Å².